The van der Waals surface area contributed by atoms with E-state index in [4.69, 9.17) is 0 Å². The summed E-state index contributed by atoms with van der Waals surface area (Å²) in [5.41, 5.74) is 4.09. The highest BCUT2D eigenvalue weighted by atomic mass is 19.1. The maximum atomic E-state index is 13.4. The molecular formula is C24H19FN2O2. The summed E-state index contributed by atoms with van der Waals surface area (Å²) < 4.78 is 13.4. The highest BCUT2D eigenvalue weighted by molar-refractivity contribution is 6.46. The first kappa shape index (κ1) is 18.6. The molecule has 0 fully saturated rings. The van der Waals surface area contributed by atoms with Gasteiger partial charge in [-0.05, 0) is 60.9 Å². The van der Waals surface area contributed by atoms with Crippen molar-refractivity contribution in [1.29, 1.82) is 0 Å². The number of aryl methyl sites for hydroxylation is 2. The first-order valence-electron chi connectivity index (χ1n) is 9.24. The molecule has 29 heavy (non-hydrogen) atoms. The number of nitrogens with one attached hydrogen (secondary N) is 1. The van der Waals surface area contributed by atoms with Crippen LogP contribution in [0.3, 0.4) is 0 Å². The minimum Gasteiger partial charge on any atom is -0.350 e. The van der Waals surface area contributed by atoms with Gasteiger partial charge in [-0.1, -0.05) is 42.5 Å². The van der Waals surface area contributed by atoms with Gasteiger partial charge in [-0.15, -0.1) is 0 Å². The van der Waals surface area contributed by atoms with Gasteiger partial charge in [0.2, 0.25) is 0 Å². The van der Waals surface area contributed by atoms with E-state index in [0.717, 1.165) is 21.7 Å². The summed E-state index contributed by atoms with van der Waals surface area (Å²) >= 11 is 0. The first-order valence-corrected chi connectivity index (χ1v) is 9.24. The van der Waals surface area contributed by atoms with E-state index < -0.39 is 17.6 Å². The molecule has 144 valence electrons. The lowest BCUT2D eigenvalue weighted by Crippen LogP contribution is -2.32. The Labute approximate surface area is 168 Å². The minimum absolute atomic E-state index is 0.180. The third-order valence-corrected chi connectivity index (χ3v) is 4.88. The summed E-state index contributed by atoms with van der Waals surface area (Å²) in [5.74, 6) is -1.29. The Balaban J connectivity index is 1.85. The third kappa shape index (κ3) is 3.43. The van der Waals surface area contributed by atoms with E-state index in [1.54, 1.807) is 24.3 Å². The molecule has 0 bridgehead atoms. The Morgan fingerprint density at radius 1 is 0.828 bits per heavy atom. The van der Waals surface area contributed by atoms with Crippen molar-refractivity contribution in [3.05, 3.63) is 101 Å². The summed E-state index contributed by atoms with van der Waals surface area (Å²) in [6, 6.07) is 20.2. The topological polar surface area (TPSA) is 49.4 Å². The number of hydrogen-bond acceptors (Lipinski definition) is 3. The Bertz CT molecular complexity index is 1140. The van der Waals surface area contributed by atoms with Crippen LogP contribution in [0.1, 0.15) is 16.7 Å². The van der Waals surface area contributed by atoms with Gasteiger partial charge in [0.05, 0.1) is 11.3 Å². The molecule has 4 rings (SSSR count). The molecule has 1 N–H and O–H groups in total. The van der Waals surface area contributed by atoms with Crippen molar-refractivity contribution >= 4 is 28.8 Å². The van der Waals surface area contributed by atoms with E-state index in [9.17, 15) is 14.0 Å². The highest BCUT2D eigenvalue weighted by Gasteiger charge is 2.40. The summed E-state index contributed by atoms with van der Waals surface area (Å²) in [5, 5.41) is 3.17. The van der Waals surface area contributed by atoms with Crippen LogP contribution in [-0.2, 0) is 9.59 Å². The fourth-order valence-electron chi connectivity index (χ4n) is 3.35. The fraction of sp³-hybridized carbons (Fsp3) is 0.0833. The molecule has 0 atom stereocenters. The van der Waals surface area contributed by atoms with Crippen LogP contribution in [0, 0.1) is 19.7 Å². The molecule has 1 aliphatic heterocycles. The van der Waals surface area contributed by atoms with Gasteiger partial charge >= 0.3 is 0 Å². The summed E-state index contributed by atoms with van der Waals surface area (Å²) in [6.07, 6.45) is 0. The van der Waals surface area contributed by atoms with Crippen molar-refractivity contribution in [3.63, 3.8) is 0 Å². The number of halogens is 1. The van der Waals surface area contributed by atoms with Crippen LogP contribution >= 0.6 is 0 Å². The van der Waals surface area contributed by atoms with Gasteiger partial charge in [0.15, 0.2) is 0 Å². The molecule has 3 aromatic carbocycles. The van der Waals surface area contributed by atoms with E-state index in [0.29, 0.717) is 11.3 Å². The minimum atomic E-state index is -0.444. The molecule has 0 spiro atoms. The normalized spacial score (nSPS) is 14.0. The summed E-state index contributed by atoms with van der Waals surface area (Å²) in [4.78, 5) is 27.7. The van der Waals surface area contributed by atoms with E-state index in [2.05, 4.69) is 5.32 Å². The molecule has 1 heterocycles. The van der Waals surface area contributed by atoms with Gasteiger partial charge in [0.25, 0.3) is 11.8 Å². The molecule has 4 nitrogen and oxygen atoms in total. The number of rotatable bonds is 4. The number of anilines is 2. The molecule has 2 amide bonds. The number of nitrogens with zero attached hydrogens (tertiary/aromatic N) is 1. The van der Waals surface area contributed by atoms with E-state index >= 15 is 0 Å². The molecule has 0 radical (unpaired) electrons. The number of carbonyl (C=O) groups is 2. The van der Waals surface area contributed by atoms with Gasteiger partial charge in [-0.2, -0.15) is 0 Å². The van der Waals surface area contributed by atoms with Crippen molar-refractivity contribution in [2.24, 2.45) is 0 Å². The average molecular weight is 386 g/mol. The monoisotopic (exact) mass is 386 g/mol. The van der Waals surface area contributed by atoms with E-state index in [1.165, 1.54) is 24.3 Å². The van der Waals surface area contributed by atoms with Gasteiger partial charge in [-0.25, -0.2) is 9.29 Å². The second-order valence-corrected chi connectivity index (χ2v) is 6.98. The van der Waals surface area contributed by atoms with Gasteiger partial charge in [-0.3, -0.25) is 9.59 Å². The van der Waals surface area contributed by atoms with Crippen molar-refractivity contribution in [3.8, 4) is 0 Å². The Morgan fingerprint density at radius 3 is 2.21 bits per heavy atom. The van der Waals surface area contributed by atoms with Crippen LogP contribution < -0.4 is 10.2 Å². The molecule has 5 heteroatoms. The lowest BCUT2D eigenvalue weighted by Gasteiger charge is -2.15. The predicted molar refractivity (Wildman–Crippen MR) is 112 cm³/mol. The Morgan fingerprint density at radius 2 is 1.52 bits per heavy atom. The fourth-order valence-corrected chi connectivity index (χ4v) is 3.35. The van der Waals surface area contributed by atoms with E-state index in [-0.39, 0.29) is 11.3 Å². The van der Waals surface area contributed by atoms with Gasteiger partial charge in [0.1, 0.15) is 11.5 Å². The molecule has 0 saturated carbocycles. The summed E-state index contributed by atoms with van der Waals surface area (Å²) in [7, 11) is 0. The van der Waals surface area contributed by atoms with Crippen molar-refractivity contribution in [2.75, 3.05) is 10.2 Å². The number of para-hydroxylation sites is 1. The SMILES string of the molecule is Cc1ccc(C)c(NC2=C(c3ccc(F)cc3)C(=O)N(c3ccccc3)C2=O)c1. The largest absolute Gasteiger partial charge is 0.350 e. The van der Waals surface area contributed by atoms with Crippen LogP contribution in [0.2, 0.25) is 0 Å². The van der Waals surface area contributed by atoms with Crippen LogP contribution in [0.4, 0.5) is 15.8 Å². The maximum Gasteiger partial charge on any atom is 0.282 e. The van der Waals surface area contributed by atoms with Crippen LogP contribution in [0.15, 0.2) is 78.5 Å². The molecule has 0 unspecified atom stereocenters. The molecule has 0 saturated heterocycles. The standard InChI is InChI=1S/C24H19FN2O2/c1-15-8-9-16(2)20(14-15)26-22-21(17-10-12-18(25)13-11-17)23(28)27(24(22)29)19-6-4-3-5-7-19/h3-14,26H,1-2H3. The number of imide groups is 1. The second-order valence-electron chi connectivity index (χ2n) is 6.98. The average Bonchev–Trinajstić information content (AvgIpc) is 2.96. The lowest BCUT2D eigenvalue weighted by molar-refractivity contribution is -0.120. The molecule has 0 aromatic heterocycles. The number of carbonyl (C=O) groups excluding carboxylic acids is 2. The van der Waals surface area contributed by atoms with Gasteiger partial charge < -0.3 is 5.32 Å². The number of benzene rings is 3. The first-order chi connectivity index (χ1) is 14.0. The number of hydrogen-bond donors (Lipinski definition) is 1. The van der Waals surface area contributed by atoms with Crippen LogP contribution in [0.5, 0.6) is 0 Å². The Hall–Kier alpha value is -3.73. The van der Waals surface area contributed by atoms with E-state index in [1.807, 2.05) is 38.1 Å². The van der Waals surface area contributed by atoms with Crippen molar-refractivity contribution in [1.82, 2.24) is 0 Å². The number of amides is 2. The third-order valence-electron chi connectivity index (χ3n) is 4.88. The zero-order valence-corrected chi connectivity index (χ0v) is 16.1. The van der Waals surface area contributed by atoms with Crippen molar-refractivity contribution in [2.45, 2.75) is 13.8 Å². The van der Waals surface area contributed by atoms with Crippen LogP contribution in [0.25, 0.3) is 5.57 Å². The van der Waals surface area contributed by atoms with Crippen LogP contribution in [-0.4, -0.2) is 11.8 Å². The zero-order valence-electron chi connectivity index (χ0n) is 16.1. The second kappa shape index (κ2) is 7.36. The summed E-state index contributed by atoms with van der Waals surface area (Å²) in [6.45, 7) is 3.88. The highest BCUT2D eigenvalue weighted by Crippen LogP contribution is 2.34. The molecule has 1 aliphatic rings. The maximum absolute atomic E-state index is 13.4. The molecular weight excluding hydrogens is 367 g/mol. The van der Waals surface area contributed by atoms with Gasteiger partial charge in [0, 0.05) is 5.69 Å². The van der Waals surface area contributed by atoms with Crippen molar-refractivity contribution < 1.29 is 14.0 Å². The lowest BCUT2D eigenvalue weighted by atomic mass is 10.0. The molecule has 0 aliphatic carbocycles. The quantitative estimate of drug-likeness (QED) is 0.653. The zero-order chi connectivity index (χ0) is 20.5. The Kier molecular flexibility index (Phi) is 4.72. The molecule has 3 aromatic rings. The predicted octanol–water partition coefficient (Wildman–Crippen LogP) is 4.84. The smallest absolute Gasteiger partial charge is 0.282 e.